The molecule has 0 aliphatic rings. The van der Waals surface area contributed by atoms with E-state index in [9.17, 15) is 13.2 Å². The van der Waals surface area contributed by atoms with Gasteiger partial charge in [0.15, 0.2) is 0 Å². The highest BCUT2D eigenvalue weighted by Crippen LogP contribution is 2.17. The Morgan fingerprint density at radius 1 is 1.16 bits per heavy atom. The monoisotopic (exact) mass is 382 g/mol. The lowest BCUT2D eigenvalue weighted by Gasteiger charge is -2.19. The van der Waals surface area contributed by atoms with Gasteiger partial charge in [-0.25, -0.2) is 8.42 Å². The van der Waals surface area contributed by atoms with E-state index in [1.807, 2.05) is 20.8 Å². The van der Waals surface area contributed by atoms with Crippen molar-refractivity contribution < 1.29 is 13.2 Å². The maximum absolute atomic E-state index is 12.6. The topological polar surface area (TPSA) is 101 Å². The molecular weight excluding hydrogens is 360 g/mol. The number of anilines is 1. The average Bonchev–Trinajstić information content (AvgIpc) is 2.91. The van der Waals surface area contributed by atoms with E-state index in [2.05, 4.69) is 20.2 Å². The average molecular weight is 383 g/mol. The minimum Gasteiger partial charge on any atom is -0.299 e. The first-order valence-corrected chi connectivity index (χ1v) is 10.2. The van der Waals surface area contributed by atoms with Crippen LogP contribution in [0.15, 0.2) is 29.2 Å². The lowest BCUT2D eigenvalue weighted by atomic mass is 10.0. The van der Waals surface area contributed by atoms with Crippen molar-refractivity contribution in [2.75, 3.05) is 5.32 Å². The summed E-state index contributed by atoms with van der Waals surface area (Å²) in [5.74, 6) is -0.312. The van der Waals surface area contributed by atoms with Crippen LogP contribution in [0.3, 0.4) is 0 Å². The van der Waals surface area contributed by atoms with Gasteiger partial charge in [-0.2, -0.15) is 4.72 Å². The number of nitrogens with zero attached hydrogens (tertiary/aromatic N) is 2. The van der Waals surface area contributed by atoms with Gasteiger partial charge in [0, 0.05) is 0 Å². The van der Waals surface area contributed by atoms with Crippen molar-refractivity contribution >= 4 is 32.4 Å². The summed E-state index contributed by atoms with van der Waals surface area (Å²) >= 11 is 1.24. The first-order valence-electron chi connectivity index (χ1n) is 7.87. The molecule has 0 aliphatic heterocycles. The number of aryl methyl sites for hydroxylation is 2. The number of nitrogens with one attached hydrogen (secondary N) is 2. The second-order valence-electron chi connectivity index (χ2n) is 6.23. The van der Waals surface area contributed by atoms with Gasteiger partial charge in [0.25, 0.3) is 0 Å². The van der Waals surface area contributed by atoms with Crippen LogP contribution in [0.1, 0.15) is 30.8 Å². The molecule has 0 saturated heterocycles. The largest absolute Gasteiger partial charge is 0.299 e. The molecule has 1 aromatic carbocycles. The minimum absolute atomic E-state index is 0.131. The van der Waals surface area contributed by atoms with Crippen LogP contribution >= 0.6 is 11.3 Å². The van der Waals surface area contributed by atoms with E-state index >= 15 is 0 Å². The van der Waals surface area contributed by atoms with Crippen LogP contribution in [0.4, 0.5) is 5.13 Å². The third-order valence-electron chi connectivity index (χ3n) is 3.41. The normalized spacial score (nSPS) is 13.0. The number of carbonyl (C=O) groups excluding carboxylic acids is 1. The maximum atomic E-state index is 12.6. The molecule has 0 bridgehead atoms. The predicted octanol–water partition coefficient (Wildman–Crippen LogP) is 2.49. The molecule has 2 aromatic rings. The third-order valence-corrected chi connectivity index (χ3v) is 5.65. The zero-order valence-electron chi connectivity index (χ0n) is 14.6. The number of aromatic nitrogens is 2. The lowest BCUT2D eigenvalue weighted by Crippen LogP contribution is -2.44. The van der Waals surface area contributed by atoms with Gasteiger partial charge < -0.3 is 0 Å². The van der Waals surface area contributed by atoms with Crippen LogP contribution in [0.2, 0.25) is 0 Å². The molecule has 0 spiro atoms. The highest BCUT2D eigenvalue weighted by Gasteiger charge is 2.27. The van der Waals surface area contributed by atoms with Crippen LogP contribution in [0.25, 0.3) is 0 Å². The van der Waals surface area contributed by atoms with Crippen LogP contribution in [0, 0.1) is 19.8 Å². The number of rotatable bonds is 7. The van der Waals surface area contributed by atoms with Gasteiger partial charge in [-0.05, 0) is 38.3 Å². The van der Waals surface area contributed by atoms with Crippen LogP contribution in [-0.2, 0) is 14.8 Å². The van der Waals surface area contributed by atoms with Gasteiger partial charge in [0.2, 0.25) is 21.1 Å². The van der Waals surface area contributed by atoms with Crippen molar-refractivity contribution in [1.29, 1.82) is 0 Å². The van der Waals surface area contributed by atoms with E-state index < -0.39 is 22.0 Å². The van der Waals surface area contributed by atoms with E-state index in [1.165, 1.54) is 23.5 Å². The molecule has 1 heterocycles. The summed E-state index contributed by atoms with van der Waals surface area (Å²) in [6.07, 6.45) is 0.370. The van der Waals surface area contributed by atoms with Crippen LogP contribution in [-0.4, -0.2) is 30.6 Å². The highest BCUT2D eigenvalue weighted by molar-refractivity contribution is 7.89. The van der Waals surface area contributed by atoms with Crippen molar-refractivity contribution in [3.63, 3.8) is 0 Å². The first kappa shape index (κ1) is 19.5. The summed E-state index contributed by atoms with van der Waals surface area (Å²) in [6.45, 7) is 7.51. The Morgan fingerprint density at radius 3 is 2.32 bits per heavy atom. The summed E-state index contributed by atoms with van der Waals surface area (Å²) in [7, 11) is -3.80. The van der Waals surface area contributed by atoms with Crippen molar-refractivity contribution in [3.05, 3.63) is 34.8 Å². The Hall–Kier alpha value is -1.84. The first-order chi connectivity index (χ1) is 11.7. The van der Waals surface area contributed by atoms with Crippen molar-refractivity contribution in [1.82, 2.24) is 14.9 Å². The lowest BCUT2D eigenvalue weighted by molar-refractivity contribution is -0.118. The predicted molar refractivity (Wildman–Crippen MR) is 98.0 cm³/mol. The summed E-state index contributed by atoms with van der Waals surface area (Å²) in [6, 6.07) is 5.59. The Morgan fingerprint density at radius 2 is 1.80 bits per heavy atom. The van der Waals surface area contributed by atoms with E-state index in [1.54, 1.807) is 19.1 Å². The number of benzene rings is 1. The summed E-state index contributed by atoms with van der Waals surface area (Å²) in [5, 5.41) is 11.4. The van der Waals surface area contributed by atoms with Gasteiger partial charge in [-0.1, -0.05) is 42.9 Å². The zero-order valence-corrected chi connectivity index (χ0v) is 16.2. The van der Waals surface area contributed by atoms with E-state index in [0.717, 1.165) is 10.6 Å². The zero-order chi connectivity index (χ0) is 18.6. The molecule has 2 N–H and O–H groups in total. The molecule has 0 saturated carbocycles. The second-order valence-corrected chi connectivity index (χ2v) is 9.13. The summed E-state index contributed by atoms with van der Waals surface area (Å²) in [4.78, 5) is 12.7. The van der Waals surface area contributed by atoms with E-state index in [0.29, 0.717) is 11.6 Å². The van der Waals surface area contributed by atoms with Gasteiger partial charge in [-0.3, -0.25) is 10.1 Å². The molecule has 1 aromatic heterocycles. The van der Waals surface area contributed by atoms with Gasteiger partial charge in [-0.15, -0.1) is 10.2 Å². The quantitative estimate of drug-likeness (QED) is 0.766. The number of amides is 1. The standard InChI is InChI=1S/C16H22N4O3S2/c1-10(2)9-14(15(21)17-16-19-18-12(4)24-16)20-25(22,23)13-7-5-11(3)6-8-13/h5-8,10,14,20H,9H2,1-4H3,(H,17,19,21). The van der Waals surface area contributed by atoms with Crippen molar-refractivity contribution in [3.8, 4) is 0 Å². The molecule has 136 valence electrons. The Balaban J connectivity index is 2.18. The number of hydrogen-bond acceptors (Lipinski definition) is 6. The van der Waals surface area contributed by atoms with Crippen LogP contribution in [0.5, 0.6) is 0 Å². The third kappa shape index (κ3) is 5.58. The van der Waals surface area contributed by atoms with E-state index in [4.69, 9.17) is 0 Å². The van der Waals surface area contributed by atoms with Crippen LogP contribution < -0.4 is 10.0 Å². The summed E-state index contributed by atoms with van der Waals surface area (Å²) < 4.78 is 27.7. The van der Waals surface area contributed by atoms with Gasteiger partial charge in [0.1, 0.15) is 11.0 Å². The molecule has 0 fully saturated rings. The number of carbonyl (C=O) groups is 1. The fraction of sp³-hybridized carbons (Fsp3) is 0.438. The second kappa shape index (κ2) is 8.03. The molecule has 9 heteroatoms. The van der Waals surface area contributed by atoms with E-state index in [-0.39, 0.29) is 10.8 Å². The van der Waals surface area contributed by atoms with Crippen molar-refractivity contribution in [2.24, 2.45) is 5.92 Å². The molecule has 0 radical (unpaired) electrons. The fourth-order valence-corrected chi connectivity index (χ4v) is 4.00. The smallest absolute Gasteiger partial charge is 0.244 e. The minimum atomic E-state index is -3.80. The molecule has 7 nitrogen and oxygen atoms in total. The Bertz CT molecular complexity index is 829. The maximum Gasteiger partial charge on any atom is 0.244 e. The molecule has 0 aliphatic carbocycles. The van der Waals surface area contributed by atoms with Crippen molar-refractivity contribution in [2.45, 2.75) is 45.1 Å². The van der Waals surface area contributed by atoms with Gasteiger partial charge >= 0.3 is 0 Å². The molecule has 1 amide bonds. The fourth-order valence-electron chi connectivity index (χ4n) is 2.19. The number of sulfonamides is 1. The molecule has 25 heavy (non-hydrogen) atoms. The highest BCUT2D eigenvalue weighted by atomic mass is 32.2. The molecular formula is C16H22N4O3S2. The molecule has 2 rings (SSSR count). The summed E-state index contributed by atoms with van der Waals surface area (Å²) in [5.41, 5.74) is 0.960. The number of hydrogen-bond donors (Lipinski definition) is 2. The Kier molecular flexibility index (Phi) is 6.26. The molecule has 1 atom stereocenters. The Labute approximate surface area is 151 Å². The molecule has 1 unspecified atom stereocenters. The van der Waals surface area contributed by atoms with Gasteiger partial charge in [0.05, 0.1) is 4.90 Å². The SMILES string of the molecule is Cc1ccc(S(=O)(=O)NC(CC(C)C)C(=O)Nc2nnc(C)s2)cc1.